The summed E-state index contributed by atoms with van der Waals surface area (Å²) in [6.45, 7) is 7.27. The number of hydrogen-bond donors (Lipinski definition) is 0. The van der Waals surface area contributed by atoms with Gasteiger partial charge in [0.15, 0.2) is 0 Å². The van der Waals surface area contributed by atoms with Crippen LogP contribution in [0, 0.1) is 17.7 Å². The van der Waals surface area contributed by atoms with Crippen LogP contribution >= 0.6 is 11.6 Å². The lowest BCUT2D eigenvalue weighted by molar-refractivity contribution is 0.100. The number of aryl methyl sites for hydroxylation is 1. The predicted molar refractivity (Wildman–Crippen MR) is 156 cm³/mol. The van der Waals surface area contributed by atoms with Crippen LogP contribution in [0.5, 0.6) is 0 Å². The maximum Gasteiger partial charge on any atom is 0.263 e. The molecule has 1 atom stereocenters. The second-order valence-electron chi connectivity index (χ2n) is 12.3. The van der Waals surface area contributed by atoms with Crippen LogP contribution in [0.25, 0.3) is 10.8 Å². The zero-order valence-corrected chi connectivity index (χ0v) is 23.9. The standard InChI is InChI=1S/C32H33ClFN5O/c1-19-5-4-8-38(16-19)17-21-9-25-27(34)6-7-28-29(25)26(10-21)30(40)39(28)24-12-22(11-23(33)13-24)32(14-20(2)15-32)31-36-35-18-37(31)3/h6-7,9-13,18-20H,4-5,8,14-17H2,1-3H3/t19-,20?,32?/m0/s1. The van der Waals surface area contributed by atoms with Crippen molar-refractivity contribution in [1.29, 1.82) is 0 Å². The van der Waals surface area contributed by atoms with E-state index in [4.69, 9.17) is 11.6 Å². The van der Waals surface area contributed by atoms with Crippen LogP contribution in [-0.4, -0.2) is 38.7 Å². The molecule has 206 valence electrons. The molecule has 0 spiro atoms. The van der Waals surface area contributed by atoms with Crippen LogP contribution in [0.3, 0.4) is 0 Å². The van der Waals surface area contributed by atoms with Crippen LogP contribution in [0.1, 0.15) is 66.8 Å². The molecular formula is C32H33ClFN5O. The van der Waals surface area contributed by atoms with E-state index < -0.39 is 0 Å². The molecule has 40 heavy (non-hydrogen) atoms. The lowest BCUT2D eigenvalue weighted by atomic mass is 9.58. The van der Waals surface area contributed by atoms with Crippen LogP contribution < -0.4 is 4.90 Å². The number of aromatic nitrogens is 3. The van der Waals surface area contributed by atoms with Gasteiger partial charge in [-0.2, -0.15) is 0 Å². The van der Waals surface area contributed by atoms with Gasteiger partial charge in [-0.05, 0) is 97.7 Å². The van der Waals surface area contributed by atoms with Crippen LogP contribution in [0.2, 0.25) is 5.02 Å². The minimum atomic E-state index is -0.323. The Labute approximate surface area is 238 Å². The van der Waals surface area contributed by atoms with Crippen molar-refractivity contribution in [3.63, 3.8) is 0 Å². The minimum absolute atomic E-state index is 0.151. The monoisotopic (exact) mass is 557 g/mol. The molecular weight excluding hydrogens is 525 g/mol. The summed E-state index contributed by atoms with van der Waals surface area (Å²) in [6, 6.07) is 12.9. The highest BCUT2D eigenvalue weighted by atomic mass is 35.5. The van der Waals surface area contributed by atoms with Crippen molar-refractivity contribution in [2.24, 2.45) is 18.9 Å². The maximum absolute atomic E-state index is 15.2. The Balaban J connectivity index is 1.31. The first-order chi connectivity index (χ1) is 19.2. The van der Waals surface area contributed by atoms with Gasteiger partial charge in [-0.3, -0.25) is 14.6 Å². The largest absolute Gasteiger partial charge is 0.320 e. The van der Waals surface area contributed by atoms with Crippen molar-refractivity contribution in [3.05, 3.63) is 82.1 Å². The zero-order chi connectivity index (χ0) is 27.8. The molecule has 8 heteroatoms. The fraction of sp³-hybridized carbons (Fsp3) is 0.406. The van der Waals surface area contributed by atoms with Gasteiger partial charge in [0, 0.05) is 35.9 Å². The third-order valence-corrected chi connectivity index (χ3v) is 9.37. The molecule has 1 saturated heterocycles. The first-order valence-electron chi connectivity index (χ1n) is 14.2. The number of anilines is 2. The molecule has 1 saturated carbocycles. The molecule has 1 aliphatic carbocycles. The van der Waals surface area contributed by atoms with Gasteiger partial charge in [0.2, 0.25) is 0 Å². The van der Waals surface area contributed by atoms with Crippen molar-refractivity contribution >= 4 is 39.7 Å². The van der Waals surface area contributed by atoms with Crippen LogP contribution in [0.4, 0.5) is 15.8 Å². The Morgan fingerprint density at radius 3 is 2.65 bits per heavy atom. The highest BCUT2D eigenvalue weighted by Gasteiger charge is 2.48. The lowest BCUT2D eigenvalue weighted by Gasteiger charge is -2.46. The van der Waals surface area contributed by atoms with Gasteiger partial charge in [0.25, 0.3) is 5.91 Å². The van der Waals surface area contributed by atoms with Gasteiger partial charge < -0.3 is 4.57 Å². The summed E-state index contributed by atoms with van der Waals surface area (Å²) in [5, 5.41) is 10.3. The number of likely N-dealkylation sites (tertiary alicyclic amines) is 1. The van der Waals surface area contributed by atoms with Gasteiger partial charge in [-0.25, -0.2) is 4.39 Å². The molecule has 0 radical (unpaired) electrons. The SMILES string of the molecule is CC1CC(c2cc(Cl)cc(N3C(=O)c4cc(CN5CCC[C@H](C)C5)cc5c(F)ccc3c45)c2)(c2nncn2C)C1. The van der Waals surface area contributed by atoms with Gasteiger partial charge in [0.1, 0.15) is 18.0 Å². The average molecular weight is 558 g/mol. The summed E-state index contributed by atoms with van der Waals surface area (Å²) < 4.78 is 17.2. The molecule has 0 N–H and O–H groups in total. The Morgan fingerprint density at radius 2 is 1.93 bits per heavy atom. The molecule has 0 bridgehead atoms. The van der Waals surface area contributed by atoms with E-state index in [1.54, 1.807) is 17.3 Å². The Morgan fingerprint density at radius 1 is 1.10 bits per heavy atom. The summed E-state index contributed by atoms with van der Waals surface area (Å²) >= 11 is 6.74. The van der Waals surface area contributed by atoms with Crippen molar-refractivity contribution < 1.29 is 9.18 Å². The molecule has 3 aromatic carbocycles. The second-order valence-corrected chi connectivity index (χ2v) is 12.8. The van der Waals surface area contributed by atoms with Crippen LogP contribution in [0.15, 0.2) is 48.8 Å². The van der Waals surface area contributed by atoms with E-state index in [1.165, 1.54) is 18.9 Å². The topological polar surface area (TPSA) is 54.3 Å². The zero-order valence-electron chi connectivity index (χ0n) is 23.1. The van der Waals surface area contributed by atoms with E-state index >= 15 is 4.39 Å². The Hall–Kier alpha value is -3.29. The predicted octanol–water partition coefficient (Wildman–Crippen LogP) is 7.00. The second kappa shape index (κ2) is 9.38. The van der Waals surface area contributed by atoms with Gasteiger partial charge in [-0.15, -0.1) is 10.2 Å². The number of carbonyl (C=O) groups is 1. The summed E-state index contributed by atoms with van der Waals surface area (Å²) in [5.41, 5.74) is 3.59. The number of rotatable bonds is 5. The van der Waals surface area contributed by atoms with Crippen molar-refractivity contribution in [3.8, 4) is 0 Å². The van der Waals surface area contributed by atoms with E-state index in [0.29, 0.717) is 51.1 Å². The summed E-state index contributed by atoms with van der Waals surface area (Å²) in [5.74, 6) is 1.62. The normalized spacial score (nSPS) is 24.6. The maximum atomic E-state index is 15.2. The molecule has 1 aromatic heterocycles. The number of benzene rings is 3. The van der Waals surface area contributed by atoms with E-state index in [2.05, 4.69) is 35.0 Å². The Kier molecular flexibility index (Phi) is 6.02. The molecule has 1 amide bonds. The third kappa shape index (κ3) is 3.97. The van der Waals surface area contributed by atoms with Crippen molar-refractivity contribution in [2.45, 2.75) is 51.5 Å². The summed E-state index contributed by atoms with van der Waals surface area (Å²) in [6.07, 6.45) is 5.98. The van der Waals surface area contributed by atoms with Gasteiger partial charge in [-0.1, -0.05) is 25.4 Å². The molecule has 3 aliphatic rings. The van der Waals surface area contributed by atoms with Gasteiger partial charge in [0.05, 0.1) is 22.4 Å². The molecule has 7 rings (SSSR count). The fourth-order valence-corrected chi connectivity index (χ4v) is 7.72. The quantitative estimate of drug-likeness (QED) is 0.265. The van der Waals surface area contributed by atoms with Crippen LogP contribution in [-0.2, 0) is 19.0 Å². The molecule has 3 heterocycles. The highest BCUT2D eigenvalue weighted by molar-refractivity contribution is 6.32. The fourth-order valence-electron chi connectivity index (χ4n) is 7.49. The highest BCUT2D eigenvalue weighted by Crippen LogP contribution is 2.53. The first-order valence-corrected chi connectivity index (χ1v) is 14.6. The van der Waals surface area contributed by atoms with Crippen molar-refractivity contribution in [2.75, 3.05) is 18.0 Å². The average Bonchev–Trinajstić information content (AvgIpc) is 3.45. The number of halogens is 2. The van der Waals surface area contributed by atoms with E-state index in [1.807, 2.05) is 35.9 Å². The van der Waals surface area contributed by atoms with E-state index in [-0.39, 0.29) is 17.1 Å². The number of piperidine rings is 1. The molecule has 6 nitrogen and oxygen atoms in total. The lowest BCUT2D eigenvalue weighted by Crippen LogP contribution is -2.43. The van der Waals surface area contributed by atoms with E-state index in [0.717, 1.165) is 42.9 Å². The van der Waals surface area contributed by atoms with Gasteiger partial charge >= 0.3 is 0 Å². The molecule has 0 unspecified atom stereocenters. The first kappa shape index (κ1) is 25.7. The van der Waals surface area contributed by atoms with E-state index in [9.17, 15) is 4.79 Å². The Bertz CT molecular complexity index is 1660. The smallest absolute Gasteiger partial charge is 0.263 e. The molecule has 2 fully saturated rings. The molecule has 4 aromatic rings. The number of hydrogen-bond acceptors (Lipinski definition) is 4. The number of amides is 1. The summed E-state index contributed by atoms with van der Waals surface area (Å²) in [7, 11) is 1.96. The number of carbonyl (C=O) groups excluding carboxylic acids is 1. The minimum Gasteiger partial charge on any atom is -0.320 e. The third-order valence-electron chi connectivity index (χ3n) is 9.15. The van der Waals surface area contributed by atoms with Crippen molar-refractivity contribution in [1.82, 2.24) is 19.7 Å². The summed E-state index contributed by atoms with van der Waals surface area (Å²) in [4.78, 5) is 18.2. The number of nitrogens with zero attached hydrogens (tertiary/aromatic N) is 5. The molecule has 2 aliphatic heterocycles.